The minimum absolute atomic E-state index is 0.0683. The first-order valence-electron chi connectivity index (χ1n) is 6.55. The fraction of sp³-hybridized carbons (Fsp3) is 0.429. The summed E-state index contributed by atoms with van der Waals surface area (Å²) in [7, 11) is 0. The number of rotatable bonds is 4. The van der Waals surface area contributed by atoms with Crippen molar-refractivity contribution in [1.82, 2.24) is 10.1 Å². The molecule has 1 aromatic heterocycles. The van der Waals surface area contributed by atoms with E-state index >= 15 is 0 Å². The standard InChI is InChI=1S/C14H17N3O2/c1-9(6-7-15)14-16-13(17-19-14)11-8-18-12-5-3-2-4-10(11)12/h2-5,9,11H,6-8,15H2,1H3. The van der Waals surface area contributed by atoms with E-state index < -0.39 is 0 Å². The van der Waals surface area contributed by atoms with Crippen molar-refractivity contribution in [3.8, 4) is 5.75 Å². The number of nitrogens with zero attached hydrogens (tertiary/aromatic N) is 2. The summed E-state index contributed by atoms with van der Waals surface area (Å²) in [6, 6.07) is 7.98. The second kappa shape index (κ2) is 5.01. The Morgan fingerprint density at radius 2 is 2.26 bits per heavy atom. The second-order valence-corrected chi connectivity index (χ2v) is 4.87. The molecule has 19 heavy (non-hydrogen) atoms. The molecule has 0 amide bonds. The second-order valence-electron chi connectivity index (χ2n) is 4.87. The molecule has 1 aliphatic heterocycles. The fourth-order valence-corrected chi connectivity index (χ4v) is 2.34. The molecule has 0 radical (unpaired) electrons. The molecule has 3 rings (SSSR count). The van der Waals surface area contributed by atoms with Gasteiger partial charge in [0.25, 0.3) is 0 Å². The molecular formula is C14H17N3O2. The first-order chi connectivity index (χ1) is 9.29. The molecule has 1 aromatic carbocycles. The lowest BCUT2D eigenvalue weighted by atomic mass is 10.0. The van der Waals surface area contributed by atoms with Crippen molar-refractivity contribution in [1.29, 1.82) is 0 Å². The number of hydrogen-bond acceptors (Lipinski definition) is 5. The van der Waals surface area contributed by atoms with Crippen LogP contribution in [0, 0.1) is 0 Å². The van der Waals surface area contributed by atoms with Crippen LogP contribution in [0.5, 0.6) is 5.75 Å². The summed E-state index contributed by atoms with van der Waals surface area (Å²) in [5.41, 5.74) is 6.68. The van der Waals surface area contributed by atoms with E-state index in [1.165, 1.54) is 0 Å². The number of benzene rings is 1. The Balaban J connectivity index is 1.85. The highest BCUT2D eigenvalue weighted by atomic mass is 16.5. The van der Waals surface area contributed by atoms with Gasteiger partial charge in [-0.3, -0.25) is 0 Å². The van der Waals surface area contributed by atoms with Crippen LogP contribution in [0.2, 0.25) is 0 Å². The Hall–Kier alpha value is -1.88. The van der Waals surface area contributed by atoms with Crippen molar-refractivity contribution in [3.05, 3.63) is 41.5 Å². The lowest BCUT2D eigenvalue weighted by Gasteiger charge is -2.03. The maximum Gasteiger partial charge on any atom is 0.229 e. The maximum absolute atomic E-state index is 5.64. The van der Waals surface area contributed by atoms with E-state index in [-0.39, 0.29) is 11.8 Å². The Labute approximate surface area is 111 Å². The van der Waals surface area contributed by atoms with Crippen molar-refractivity contribution < 1.29 is 9.26 Å². The van der Waals surface area contributed by atoms with E-state index in [4.69, 9.17) is 15.0 Å². The molecule has 2 atom stereocenters. The molecule has 0 bridgehead atoms. The minimum Gasteiger partial charge on any atom is -0.492 e. The van der Waals surface area contributed by atoms with Gasteiger partial charge in [0.2, 0.25) is 5.89 Å². The highest BCUT2D eigenvalue weighted by molar-refractivity contribution is 5.42. The molecule has 1 aliphatic rings. The van der Waals surface area contributed by atoms with Crippen LogP contribution in [0.3, 0.4) is 0 Å². The third-order valence-corrected chi connectivity index (χ3v) is 3.49. The highest BCUT2D eigenvalue weighted by Crippen LogP contribution is 2.36. The Morgan fingerprint density at radius 3 is 3.11 bits per heavy atom. The zero-order valence-electron chi connectivity index (χ0n) is 10.9. The van der Waals surface area contributed by atoms with Gasteiger partial charge in [-0.15, -0.1) is 0 Å². The third kappa shape index (κ3) is 2.21. The van der Waals surface area contributed by atoms with E-state index in [0.717, 1.165) is 17.7 Å². The smallest absolute Gasteiger partial charge is 0.229 e. The molecule has 2 unspecified atom stereocenters. The summed E-state index contributed by atoms with van der Waals surface area (Å²) in [5, 5.41) is 4.09. The Kier molecular flexibility index (Phi) is 3.21. The average molecular weight is 259 g/mol. The summed E-state index contributed by atoms with van der Waals surface area (Å²) in [4.78, 5) is 4.50. The number of aromatic nitrogens is 2. The summed E-state index contributed by atoms with van der Waals surface area (Å²) >= 11 is 0. The van der Waals surface area contributed by atoms with Crippen LogP contribution in [0.25, 0.3) is 0 Å². The normalized spacial score (nSPS) is 18.9. The topological polar surface area (TPSA) is 74.2 Å². The molecule has 0 saturated heterocycles. The van der Waals surface area contributed by atoms with Gasteiger partial charge in [-0.25, -0.2) is 0 Å². The van der Waals surface area contributed by atoms with Crippen LogP contribution >= 0.6 is 0 Å². The molecular weight excluding hydrogens is 242 g/mol. The summed E-state index contributed by atoms with van der Waals surface area (Å²) in [6.07, 6.45) is 0.847. The van der Waals surface area contributed by atoms with E-state index in [2.05, 4.69) is 10.1 Å². The van der Waals surface area contributed by atoms with E-state index in [1.54, 1.807) is 0 Å². The quantitative estimate of drug-likeness (QED) is 0.909. The lowest BCUT2D eigenvalue weighted by molar-refractivity contribution is 0.327. The zero-order chi connectivity index (χ0) is 13.2. The van der Waals surface area contributed by atoms with Gasteiger partial charge in [0.1, 0.15) is 12.4 Å². The van der Waals surface area contributed by atoms with Crippen LogP contribution < -0.4 is 10.5 Å². The van der Waals surface area contributed by atoms with Crippen LogP contribution in [0.15, 0.2) is 28.8 Å². The van der Waals surface area contributed by atoms with Gasteiger partial charge in [-0.1, -0.05) is 30.3 Å². The predicted octanol–water partition coefficient (Wildman–Crippen LogP) is 2.05. The van der Waals surface area contributed by atoms with Gasteiger partial charge in [-0.05, 0) is 19.0 Å². The third-order valence-electron chi connectivity index (χ3n) is 3.49. The molecule has 5 nitrogen and oxygen atoms in total. The van der Waals surface area contributed by atoms with Crippen molar-refractivity contribution in [2.45, 2.75) is 25.2 Å². The van der Waals surface area contributed by atoms with Gasteiger partial charge >= 0.3 is 0 Å². The molecule has 0 fully saturated rings. The summed E-state index contributed by atoms with van der Waals surface area (Å²) in [5.74, 6) is 2.53. The highest BCUT2D eigenvalue weighted by Gasteiger charge is 2.29. The number of nitrogens with two attached hydrogens (primary N) is 1. The monoisotopic (exact) mass is 259 g/mol. The van der Waals surface area contributed by atoms with E-state index in [9.17, 15) is 0 Å². The number of para-hydroxylation sites is 1. The van der Waals surface area contributed by atoms with Crippen molar-refractivity contribution in [3.63, 3.8) is 0 Å². The van der Waals surface area contributed by atoms with Gasteiger partial charge < -0.3 is 15.0 Å². The molecule has 5 heteroatoms. The van der Waals surface area contributed by atoms with E-state index in [0.29, 0.717) is 24.9 Å². The average Bonchev–Trinajstić information content (AvgIpc) is 3.05. The molecule has 0 saturated carbocycles. The molecule has 100 valence electrons. The van der Waals surface area contributed by atoms with E-state index in [1.807, 2.05) is 31.2 Å². The Morgan fingerprint density at radius 1 is 1.42 bits per heavy atom. The minimum atomic E-state index is 0.0683. The van der Waals surface area contributed by atoms with Crippen LogP contribution in [-0.2, 0) is 0 Å². The van der Waals surface area contributed by atoms with Crippen LogP contribution in [-0.4, -0.2) is 23.3 Å². The van der Waals surface area contributed by atoms with Gasteiger partial charge in [0, 0.05) is 11.5 Å². The first-order valence-corrected chi connectivity index (χ1v) is 6.55. The maximum atomic E-state index is 5.64. The molecule has 2 aromatic rings. The van der Waals surface area contributed by atoms with Crippen molar-refractivity contribution >= 4 is 0 Å². The fourth-order valence-electron chi connectivity index (χ4n) is 2.34. The van der Waals surface area contributed by atoms with Gasteiger partial charge in [-0.2, -0.15) is 4.98 Å². The van der Waals surface area contributed by atoms with Crippen molar-refractivity contribution in [2.75, 3.05) is 13.2 Å². The van der Waals surface area contributed by atoms with Crippen LogP contribution in [0.4, 0.5) is 0 Å². The Bertz CT molecular complexity index is 567. The van der Waals surface area contributed by atoms with Crippen LogP contribution in [0.1, 0.15) is 42.5 Å². The first kappa shape index (κ1) is 12.2. The molecule has 2 heterocycles. The number of hydrogen-bond donors (Lipinski definition) is 1. The predicted molar refractivity (Wildman–Crippen MR) is 70.2 cm³/mol. The van der Waals surface area contributed by atoms with Gasteiger partial charge in [0.05, 0.1) is 5.92 Å². The summed E-state index contributed by atoms with van der Waals surface area (Å²) in [6.45, 7) is 3.24. The molecule has 0 aliphatic carbocycles. The summed E-state index contributed by atoms with van der Waals surface area (Å²) < 4.78 is 11.0. The van der Waals surface area contributed by atoms with Gasteiger partial charge in [0.15, 0.2) is 5.82 Å². The SMILES string of the molecule is CC(CCN)c1nc(C2COc3ccccc32)no1. The number of ether oxygens (including phenoxy) is 1. The molecule has 2 N–H and O–H groups in total. The van der Waals surface area contributed by atoms with Crippen molar-refractivity contribution in [2.24, 2.45) is 5.73 Å². The lowest BCUT2D eigenvalue weighted by Crippen LogP contribution is -2.07. The molecule has 0 spiro atoms. The largest absolute Gasteiger partial charge is 0.492 e. The number of fused-ring (bicyclic) bond motifs is 1. The zero-order valence-corrected chi connectivity index (χ0v) is 10.9.